The molecule has 0 fully saturated rings. The molecular weight excluding hydrogens is 386 g/mol. The molecule has 0 aliphatic heterocycles. The third-order valence-electron chi connectivity index (χ3n) is 3.97. The third kappa shape index (κ3) is 6.62. The van der Waals surface area contributed by atoms with Gasteiger partial charge in [-0.05, 0) is 50.1 Å². The highest BCUT2D eigenvalue weighted by Crippen LogP contribution is 2.29. The van der Waals surface area contributed by atoms with Gasteiger partial charge in [0.05, 0.1) is 24.5 Å². The topological polar surface area (TPSA) is 90.9 Å². The molecule has 30 heavy (non-hydrogen) atoms. The molecule has 0 aliphatic carbocycles. The summed E-state index contributed by atoms with van der Waals surface area (Å²) in [4.78, 5) is 36.1. The molecule has 2 aromatic carbocycles. The van der Waals surface area contributed by atoms with Gasteiger partial charge in [-0.3, -0.25) is 9.59 Å². The maximum atomic E-state index is 12.4. The van der Waals surface area contributed by atoms with Crippen LogP contribution in [0.3, 0.4) is 0 Å². The molecule has 0 spiro atoms. The SMILES string of the molecule is CCOc1cc(C(=O)OCC(=O)Nc2ccccc2C(C)=O)ccc1OCC(C)C. The summed E-state index contributed by atoms with van der Waals surface area (Å²) < 4.78 is 16.4. The van der Waals surface area contributed by atoms with Gasteiger partial charge < -0.3 is 19.5 Å². The molecule has 0 saturated heterocycles. The fourth-order valence-corrected chi connectivity index (χ4v) is 2.58. The van der Waals surface area contributed by atoms with Gasteiger partial charge in [0.25, 0.3) is 5.91 Å². The van der Waals surface area contributed by atoms with Gasteiger partial charge in [0.15, 0.2) is 23.9 Å². The van der Waals surface area contributed by atoms with Crippen molar-refractivity contribution in [2.24, 2.45) is 5.92 Å². The number of carbonyl (C=O) groups is 3. The second-order valence-electron chi connectivity index (χ2n) is 7.03. The van der Waals surface area contributed by atoms with Crippen molar-refractivity contribution in [3.8, 4) is 11.5 Å². The monoisotopic (exact) mass is 413 g/mol. The van der Waals surface area contributed by atoms with Crippen molar-refractivity contribution < 1.29 is 28.6 Å². The lowest BCUT2D eigenvalue weighted by atomic mass is 10.1. The third-order valence-corrected chi connectivity index (χ3v) is 3.97. The van der Waals surface area contributed by atoms with Crippen LogP contribution in [0.2, 0.25) is 0 Å². The Balaban J connectivity index is 2.01. The number of para-hydroxylation sites is 1. The van der Waals surface area contributed by atoms with Crippen LogP contribution >= 0.6 is 0 Å². The van der Waals surface area contributed by atoms with E-state index in [4.69, 9.17) is 14.2 Å². The molecule has 0 bridgehead atoms. The van der Waals surface area contributed by atoms with Crippen LogP contribution in [-0.2, 0) is 9.53 Å². The standard InChI is InChI=1S/C23H27NO6/c1-5-28-21-12-17(10-11-20(21)29-13-15(2)3)23(27)30-14-22(26)24-19-9-7-6-8-18(19)16(4)25/h6-12,15H,5,13-14H2,1-4H3,(H,24,26). The Hall–Kier alpha value is -3.35. The lowest BCUT2D eigenvalue weighted by Crippen LogP contribution is -2.22. The van der Waals surface area contributed by atoms with Crippen LogP contribution in [0, 0.1) is 5.92 Å². The van der Waals surface area contributed by atoms with Crippen molar-refractivity contribution >= 4 is 23.3 Å². The van der Waals surface area contributed by atoms with Crippen molar-refractivity contribution in [2.75, 3.05) is 25.1 Å². The number of anilines is 1. The number of benzene rings is 2. The van der Waals surface area contributed by atoms with E-state index in [-0.39, 0.29) is 11.3 Å². The number of hydrogen-bond acceptors (Lipinski definition) is 6. The fraction of sp³-hybridized carbons (Fsp3) is 0.348. The molecule has 0 unspecified atom stereocenters. The van der Waals surface area contributed by atoms with Crippen LogP contribution in [-0.4, -0.2) is 37.5 Å². The Labute approximate surface area is 176 Å². The summed E-state index contributed by atoms with van der Waals surface area (Å²) in [7, 11) is 0. The Bertz CT molecular complexity index is 906. The van der Waals surface area contributed by atoms with Gasteiger partial charge >= 0.3 is 5.97 Å². The molecule has 0 aliphatic rings. The molecule has 160 valence electrons. The Morgan fingerprint density at radius 3 is 2.40 bits per heavy atom. The predicted octanol–water partition coefficient (Wildman–Crippen LogP) is 4.12. The molecule has 0 atom stereocenters. The molecule has 1 N–H and O–H groups in total. The summed E-state index contributed by atoms with van der Waals surface area (Å²) in [5.41, 5.74) is 0.999. The van der Waals surface area contributed by atoms with Crippen molar-refractivity contribution in [2.45, 2.75) is 27.7 Å². The number of ketones is 1. The van der Waals surface area contributed by atoms with Crippen LogP contribution in [0.4, 0.5) is 5.69 Å². The normalized spacial score (nSPS) is 10.4. The number of amides is 1. The predicted molar refractivity (Wildman–Crippen MR) is 113 cm³/mol. The van der Waals surface area contributed by atoms with E-state index in [1.165, 1.54) is 13.0 Å². The Kier molecular flexibility index (Phi) is 8.41. The van der Waals surface area contributed by atoms with E-state index >= 15 is 0 Å². The second-order valence-corrected chi connectivity index (χ2v) is 7.03. The van der Waals surface area contributed by atoms with E-state index in [9.17, 15) is 14.4 Å². The summed E-state index contributed by atoms with van der Waals surface area (Å²) >= 11 is 0. The first-order valence-corrected chi connectivity index (χ1v) is 9.78. The minimum Gasteiger partial charge on any atom is -0.490 e. The highest BCUT2D eigenvalue weighted by molar-refractivity contribution is 6.04. The van der Waals surface area contributed by atoms with Gasteiger partial charge in [-0.25, -0.2) is 4.79 Å². The van der Waals surface area contributed by atoms with Gasteiger partial charge in [0, 0.05) is 5.56 Å². The Morgan fingerprint density at radius 2 is 1.73 bits per heavy atom. The van der Waals surface area contributed by atoms with Crippen molar-refractivity contribution in [1.29, 1.82) is 0 Å². The average molecular weight is 413 g/mol. The minimum absolute atomic E-state index is 0.175. The lowest BCUT2D eigenvalue weighted by molar-refractivity contribution is -0.119. The highest BCUT2D eigenvalue weighted by Gasteiger charge is 2.16. The molecular formula is C23H27NO6. The van der Waals surface area contributed by atoms with Crippen LogP contribution in [0.15, 0.2) is 42.5 Å². The maximum absolute atomic E-state index is 12.4. The van der Waals surface area contributed by atoms with E-state index in [0.717, 1.165) is 0 Å². The maximum Gasteiger partial charge on any atom is 0.338 e. The van der Waals surface area contributed by atoms with Crippen molar-refractivity contribution in [3.63, 3.8) is 0 Å². The van der Waals surface area contributed by atoms with Gasteiger partial charge in [-0.15, -0.1) is 0 Å². The van der Waals surface area contributed by atoms with Gasteiger partial charge in [-0.1, -0.05) is 26.0 Å². The van der Waals surface area contributed by atoms with E-state index in [1.54, 1.807) is 36.4 Å². The van der Waals surface area contributed by atoms with Gasteiger partial charge in [0.2, 0.25) is 0 Å². The number of rotatable bonds is 10. The van der Waals surface area contributed by atoms with Crippen LogP contribution in [0.5, 0.6) is 11.5 Å². The molecule has 2 aromatic rings. The number of ether oxygens (including phenoxy) is 3. The molecule has 0 saturated carbocycles. The zero-order valence-corrected chi connectivity index (χ0v) is 17.7. The smallest absolute Gasteiger partial charge is 0.338 e. The largest absolute Gasteiger partial charge is 0.490 e. The fourth-order valence-electron chi connectivity index (χ4n) is 2.58. The van der Waals surface area contributed by atoms with Crippen molar-refractivity contribution in [3.05, 3.63) is 53.6 Å². The summed E-state index contributed by atoms with van der Waals surface area (Å²) in [6, 6.07) is 11.4. The zero-order chi connectivity index (χ0) is 22.1. The number of nitrogens with one attached hydrogen (secondary N) is 1. The number of Topliss-reactive ketones (excluding diaryl/α,β-unsaturated/α-hetero) is 1. The van der Waals surface area contributed by atoms with Crippen LogP contribution in [0.25, 0.3) is 0 Å². The summed E-state index contributed by atoms with van der Waals surface area (Å²) in [5, 5.41) is 2.59. The van der Waals surface area contributed by atoms with Crippen LogP contribution in [0.1, 0.15) is 48.4 Å². The molecule has 0 radical (unpaired) electrons. The van der Waals surface area contributed by atoms with E-state index in [2.05, 4.69) is 5.32 Å². The van der Waals surface area contributed by atoms with E-state index < -0.39 is 18.5 Å². The first-order chi connectivity index (χ1) is 14.3. The number of esters is 1. The molecule has 1 amide bonds. The van der Waals surface area contributed by atoms with E-state index in [1.807, 2.05) is 20.8 Å². The molecule has 7 nitrogen and oxygen atoms in total. The molecule has 7 heteroatoms. The van der Waals surface area contributed by atoms with Crippen LogP contribution < -0.4 is 14.8 Å². The number of hydrogen-bond donors (Lipinski definition) is 1. The first-order valence-electron chi connectivity index (χ1n) is 9.78. The number of carbonyl (C=O) groups excluding carboxylic acids is 3. The zero-order valence-electron chi connectivity index (χ0n) is 17.7. The van der Waals surface area contributed by atoms with E-state index in [0.29, 0.717) is 41.9 Å². The summed E-state index contributed by atoms with van der Waals surface area (Å²) in [6.45, 7) is 7.76. The minimum atomic E-state index is -0.665. The first kappa shape index (κ1) is 22.9. The summed E-state index contributed by atoms with van der Waals surface area (Å²) in [5.74, 6) is -0.0599. The Morgan fingerprint density at radius 1 is 1.00 bits per heavy atom. The molecule has 0 aromatic heterocycles. The highest BCUT2D eigenvalue weighted by atomic mass is 16.5. The average Bonchev–Trinajstić information content (AvgIpc) is 2.71. The second kappa shape index (κ2) is 11.0. The van der Waals surface area contributed by atoms with Gasteiger partial charge in [0.1, 0.15) is 0 Å². The quantitative estimate of drug-likeness (QED) is 0.465. The lowest BCUT2D eigenvalue weighted by Gasteiger charge is -2.14. The van der Waals surface area contributed by atoms with Crippen molar-refractivity contribution in [1.82, 2.24) is 0 Å². The van der Waals surface area contributed by atoms with Gasteiger partial charge in [-0.2, -0.15) is 0 Å². The molecule has 0 heterocycles. The summed E-state index contributed by atoms with van der Waals surface area (Å²) in [6.07, 6.45) is 0. The molecule has 2 rings (SSSR count).